The van der Waals surface area contributed by atoms with Crippen molar-refractivity contribution < 1.29 is 19.1 Å². The Morgan fingerprint density at radius 2 is 2.00 bits per heavy atom. The number of carbonyl (C=O) groups is 2. The van der Waals surface area contributed by atoms with E-state index in [1.165, 1.54) is 20.3 Å². The van der Waals surface area contributed by atoms with Gasteiger partial charge in [-0.25, -0.2) is 14.6 Å². The molecule has 0 bridgehead atoms. The Bertz CT molecular complexity index is 996. The van der Waals surface area contributed by atoms with Crippen LogP contribution in [0.4, 0.5) is 10.6 Å². The first-order chi connectivity index (χ1) is 15.0. The molecule has 0 unspecified atom stereocenters. The maximum atomic E-state index is 12.4. The molecule has 3 rings (SSSR count). The van der Waals surface area contributed by atoms with Crippen molar-refractivity contribution in [3.05, 3.63) is 29.6 Å². The molecular weight excluding hydrogens is 400 g/mol. The maximum Gasteiger partial charge on any atom is 0.407 e. The van der Waals surface area contributed by atoms with E-state index in [9.17, 15) is 14.9 Å². The Labute approximate surface area is 180 Å². The quantitative estimate of drug-likeness (QED) is 0.674. The second-order valence-corrected chi connectivity index (χ2v) is 7.24. The average Bonchev–Trinajstić information content (AvgIpc) is 3.28. The van der Waals surface area contributed by atoms with Crippen LogP contribution in [-0.2, 0) is 16.0 Å². The molecule has 1 aliphatic rings. The lowest BCUT2D eigenvalue weighted by Crippen LogP contribution is -2.48. The highest BCUT2D eigenvalue weighted by Crippen LogP contribution is 2.29. The Morgan fingerprint density at radius 3 is 2.61 bits per heavy atom. The molecule has 1 saturated carbocycles. The molecule has 0 aliphatic heterocycles. The largest absolute Gasteiger partial charge is 0.465 e. The highest BCUT2D eigenvalue weighted by molar-refractivity contribution is 5.99. The Balaban J connectivity index is 2.00. The minimum Gasteiger partial charge on any atom is -0.465 e. The predicted octanol–water partition coefficient (Wildman–Crippen LogP) is 2.70. The van der Waals surface area contributed by atoms with Gasteiger partial charge in [-0.05, 0) is 25.8 Å². The van der Waals surface area contributed by atoms with Crippen LogP contribution in [-0.4, -0.2) is 53.1 Å². The summed E-state index contributed by atoms with van der Waals surface area (Å²) in [6, 6.07) is 3.37. The molecule has 2 aromatic heterocycles. The lowest BCUT2D eigenvalue weighted by atomic mass is 9.90. The summed E-state index contributed by atoms with van der Waals surface area (Å²) in [6.07, 6.45) is 6.49. The number of nitrogens with one attached hydrogen (secondary N) is 2. The molecule has 31 heavy (non-hydrogen) atoms. The monoisotopic (exact) mass is 426 g/mol. The smallest absolute Gasteiger partial charge is 0.407 e. The van der Waals surface area contributed by atoms with Gasteiger partial charge >= 0.3 is 12.1 Å². The van der Waals surface area contributed by atoms with Gasteiger partial charge in [0.1, 0.15) is 17.5 Å². The molecule has 164 valence electrons. The third-order valence-electron chi connectivity index (χ3n) is 5.35. The highest BCUT2D eigenvalue weighted by Gasteiger charge is 2.28. The number of nitrogens with zero attached hydrogens (tertiary/aromatic N) is 4. The molecule has 1 aliphatic carbocycles. The zero-order valence-corrected chi connectivity index (χ0v) is 17.8. The first-order valence-corrected chi connectivity index (χ1v) is 10.2. The number of aromatic nitrogens is 3. The number of hydrogen-bond donors (Lipinski definition) is 2. The summed E-state index contributed by atoms with van der Waals surface area (Å²) in [5, 5.41) is 20.2. The van der Waals surface area contributed by atoms with Gasteiger partial charge in [-0.2, -0.15) is 10.4 Å². The number of esters is 1. The normalized spacial score (nSPS) is 18.0. The van der Waals surface area contributed by atoms with Crippen molar-refractivity contribution in [3.63, 3.8) is 0 Å². The van der Waals surface area contributed by atoms with E-state index >= 15 is 0 Å². The molecule has 0 radical (unpaired) electrons. The number of hydrogen-bond acceptors (Lipinski definition) is 8. The number of anilines is 1. The molecule has 1 fully saturated rings. The topological polar surface area (TPSA) is 131 Å². The summed E-state index contributed by atoms with van der Waals surface area (Å²) in [6.45, 7) is 2.60. The van der Waals surface area contributed by atoms with Crippen LogP contribution in [0.5, 0.6) is 0 Å². The Hall–Kier alpha value is -3.61. The van der Waals surface area contributed by atoms with Crippen molar-refractivity contribution in [2.45, 2.75) is 51.2 Å². The van der Waals surface area contributed by atoms with Crippen molar-refractivity contribution in [1.29, 1.82) is 5.26 Å². The second kappa shape index (κ2) is 9.93. The lowest BCUT2D eigenvalue weighted by molar-refractivity contribution is 0.0601. The van der Waals surface area contributed by atoms with Gasteiger partial charge in [-0.1, -0.05) is 12.8 Å². The van der Waals surface area contributed by atoms with Crippen LogP contribution in [0.1, 0.15) is 48.5 Å². The molecule has 0 saturated heterocycles. The molecule has 1 amide bonds. The fraction of sp³-hybridized carbons (Fsp3) is 0.476. The van der Waals surface area contributed by atoms with E-state index < -0.39 is 12.1 Å². The number of amides is 1. The first kappa shape index (κ1) is 22.1. The molecule has 0 spiro atoms. The molecule has 2 N–H and O–H groups in total. The van der Waals surface area contributed by atoms with Crippen LogP contribution in [0.25, 0.3) is 11.3 Å². The van der Waals surface area contributed by atoms with Crippen molar-refractivity contribution in [1.82, 2.24) is 20.1 Å². The van der Waals surface area contributed by atoms with Crippen LogP contribution in [0.15, 0.2) is 18.5 Å². The third kappa shape index (κ3) is 4.94. The molecule has 2 aromatic rings. The second-order valence-electron chi connectivity index (χ2n) is 7.24. The van der Waals surface area contributed by atoms with E-state index in [1.807, 2.05) is 6.92 Å². The standard InChI is InChI=1S/C21H26N6O4/c1-4-27-12-14(11-23-27)19-18(20(28)30-2)13(10-22)9-17(26-19)24-15-7-5-6-8-16(15)25-21(29)31-3/h9,11-12,15-16H,4-8H2,1-3H3,(H,24,26)(H,25,29)/t15-,16+/m1/s1. The molecule has 10 heteroatoms. The molecule has 0 aromatic carbocycles. The number of methoxy groups -OCH3 is 2. The summed E-state index contributed by atoms with van der Waals surface area (Å²) in [7, 11) is 2.59. The zero-order valence-electron chi connectivity index (χ0n) is 17.8. The number of ether oxygens (including phenoxy) is 2. The van der Waals surface area contributed by atoms with E-state index in [4.69, 9.17) is 9.47 Å². The summed E-state index contributed by atoms with van der Waals surface area (Å²) < 4.78 is 11.3. The van der Waals surface area contributed by atoms with Crippen molar-refractivity contribution in [3.8, 4) is 17.3 Å². The number of nitriles is 1. The minimum atomic E-state index is -0.641. The summed E-state index contributed by atoms with van der Waals surface area (Å²) in [4.78, 5) is 28.8. The van der Waals surface area contributed by atoms with Crippen LogP contribution < -0.4 is 10.6 Å². The third-order valence-corrected chi connectivity index (χ3v) is 5.35. The summed E-state index contributed by atoms with van der Waals surface area (Å²) >= 11 is 0. The van der Waals surface area contributed by atoms with Gasteiger partial charge in [0.05, 0.1) is 37.7 Å². The van der Waals surface area contributed by atoms with Crippen LogP contribution in [0.2, 0.25) is 0 Å². The van der Waals surface area contributed by atoms with Gasteiger partial charge in [0.15, 0.2) is 0 Å². The molecular formula is C21H26N6O4. The predicted molar refractivity (Wildman–Crippen MR) is 112 cm³/mol. The maximum absolute atomic E-state index is 12.4. The Morgan fingerprint density at radius 1 is 1.26 bits per heavy atom. The van der Waals surface area contributed by atoms with Crippen molar-refractivity contribution in [2.75, 3.05) is 19.5 Å². The number of aryl methyl sites for hydroxylation is 1. The van der Waals surface area contributed by atoms with Gasteiger partial charge in [-0.15, -0.1) is 0 Å². The van der Waals surface area contributed by atoms with Crippen molar-refractivity contribution >= 4 is 17.9 Å². The highest BCUT2D eigenvalue weighted by atomic mass is 16.5. The number of rotatable bonds is 6. The van der Waals surface area contributed by atoms with Crippen LogP contribution in [0.3, 0.4) is 0 Å². The van der Waals surface area contributed by atoms with Crippen LogP contribution in [0, 0.1) is 11.3 Å². The zero-order chi connectivity index (χ0) is 22.4. The van der Waals surface area contributed by atoms with Crippen LogP contribution >= 0.6 is 0 Å². The summed E-state index contributed by atoms with van der Waals surface area (Å²) in [5.41, 5.74) is 1.17. The molecule has 10 nitrogen and oxygen atoms in total. The van der Waals surface area contributed by atoms with Gasteiger partial charge in [0.2, 0.25) is 0 Å². The Kier molecular flexibility index (Phi) is 7.07. The number of pyridine rings is 1. The number of alkyl carbamates (subject to hydrolysis) is 1. The van der Waals surface area contributed by atoms with Gasteiger partial charge in [-0.3, -0.25) is 4.68 Å². The van der Waals surface area contributed by atoms with E-state index in [1.54, 1.807) is 17.1 Å². The number of carbonyl (C=O) groups excluding carboxylic acids is 2. The summed E-state index contributed by atoms with van der Waals surface area (Å²) in [5.74, 6) is -0.204. The fourth-order valence-electron chi connectivity index (χ4n) is 3.76. The van der Waals surface area contributed by atoms with E-state index in [2.05, 4.69) is 26.8 Å². The first-order valence-electron chi connectivity index (χ1n) is 10.2. The van der Waals surface area contributed by atoms with E-state index in [0.29, 0.717) is 23.6 Å². The molecule has 2 atom stereocenters. The average molecular weight is 426 g/mol. The molecule has 2 heterocycles. The van der Waals surface area contributed by atoms with Gasteiger partial charge in [0, 0.05) is 24.3 Å². The van der Waals surface area contributed by atoms with Crippen molar-refractivity contribution in [2.24, 2.45) is 0 Å². The fourth-order valence-corrected chi connectivity index (χ4v) is 3.76. The van der Waals surface area contributed by atoms with E-state index in [0.717, 1.165) is 25.7 Å². The lowest BCUT2D eigenvalue weighted by Gasteiger charge is -2.32. The van der Waals surface area contributed by atoms with E-state index in [-0.39, 0.29) is 23.2 Å². The van der Waals surface area contributed by atoms with Gasteiger partial charge in [0.25, 0.3) is 0 Å². The minimum absolute atomic E-state index is 0.0953. The SMILES string of the molecule is CCn1cc(-c2nc(N[C@@H]3CCCC[C@@H]3NC(=O)OC)cc(C#N)c2C(=O)OC)cn1. The van der Waals surface area contributed by atoms with Gasteiger partial charge < -0.3 is 20.1 Å².